The van der Waals surface area contributed by atoms with Crippen LogP contribution in [-0.2, 0) is 17.8 Å². The van der Waals surface area contributed by atoms with Gasteiger partial charge in [-0.25, -0.2) is 0 Å². The van der Waals surface area contributed by atoms with Gasteiger partial charge in [0.25, 0.3) is 0 Å². The molecule has 0 aliphatic rings. The fraction of sp³-hybridized carbons (Fsp3) is 0.636. The lowest BCUT2D eigenvalue weighted by molar-refractivity contribution is -0.127. The monoisotopic (exact) mass is 297 g/mol. The largest absolute Gasteiger partial charge is 0.401 e. The summed E-state index contributed by atoms with van der Waals surface area (Å²) in [5.41, 5.74) is 1.15. The fourth-order valence-corrected chi connectivity index (χ4v) is 1.83. The highest BCUT2D eigenvalue weighted by atomic mass is 35.5. The first-order chi connectivity index (χ1) is 8.74. The van der Waals surface area contributed by atoms with E-state index >= 15 is 0 Å². The molecule has 1 heterocycles. The third-order valence-corrected chi connectivity index (χ3v) is 2.96. The van der Waals surface area contributed by atoms with Crippen molar-refractivity contribution >= 4 is 17.4 Å². The molecule has 0 spiro atoms. The molecule has 108 valence electrons. The number of aryl methyl sites for hydroxylation is 2. The van der Waals surface area contributed by atoms with Gasteiger partial charge in [-0.3, -0.25) is 9.48 Å². The highest BCUT2D eigenvalue weighted by Gasteiger charge is 2.26. The van der Waals surface area contributed by atoms with Crippen LogP contribution in [0.2, 0.25) is 5.02 Å². The number of nitrogens with zero attached hydrogens (tertiary/aromatic N) is 2. The summed E-state index contributed by atoms with van der Waals surface area (Å²) in [7, 11) is 0. The molecule has 0 aliphatic heterocycles. The van der Waals surface area contributed by atoms with Gasteiger partial charge in [0.1, 0.15) is 0 Å². The van der Waals surface area contributed by atoms with E-state index in [-0.39, 0.29) is 18.7 Å². The van der Waals surface area contributed by atoms with Gasteiger partial charge in [0.2, 0.25) is 0 Å². The number of aromatic nitrogens is 2. The molecule has 0 unspecified atom stereocenters. The third-order valence-electron chi connectivity index (χ3n) is 2.47. The van der Waals surface area contributed by atoms with E-state index in [1.165, 1.54) is 0 Å². The number of rotatable bonds is 6. The molecule has 8 heteroatoms. The number of carbonyl (C=O) groups is 1. The van der Waals surface area contributed by atoms with Crippen LogP contribution in [-0.4, -0.2) is 34.8 Å². The summed E-state index contributed by atoms with van der Waals surface area (Å²) in [5, 5.41) is 6.59. The van der Waals surface area contributed by atoms with Crippen molar-refractivity contribution in [2.24, 2.45) is 0 Å². The molecular weight excluding hydrogens is 283 g/mol. The molecule has 0 radical (unpaired) electrons. The quantitative estimate of drug-likeness (QED) is 0.875. The molecule has 4 nitrogen and oxygen atoms in total. The Hall–Kier alpha value is -1.08. The van der Waals surface area contributed by atoms with Crippen molar-refractivity contribution < 1.29 is 18.0 Å². The predicted molar refractivity (Wildman–Crippen MR) is 65.3 cm³/mol. The average molecular weight is 298 g/mol. The average Bonchev–Trinajstić information content (AvgIpc) is 2.55. The maximum absolute atomic E-state index is 11.9. The minimum atomic E-state index is -4.32. The smallest absolute Gasteiger partial charge is 0.302 e. The second-order valence-electron chi connectivity index (χ2n) is 4.10. The number of hydrogen-bond donors (Lipinski definition) is 1. The van der Waals surface area contributed by atoms with Crippen molar-refractivity contribution in [3.8, 4) is 0 Å². The lowest BCUT2D eigenvalue weighted by atomic mass is 10.2. The van der Waals surface area contributed by atoms with Crippen LogP contribution in [0.25, 0.3) is 0 Å². The van der Waals surface area contributed by atoms with Crippen molar-refractivity contribution in [2.45, 2.75) is 33.0 Å². The van der Waals surface area contributed by atoms with Crippen LogP contribution in [0.1, 0.15) is 18.3 Å². The first kappa shape index (κ1) is 16.0. The number of nitrogens with one attached hydrogen (secondary N) is 1. The number of ketones is 1. The maximum atomic E-state index is 11.9. The molecule has 0 aromatic carbocycles. The normalized spacial score (nSPS) is 11.9. The van der Waals surface area contributed by atoms with Gasteiger partial charge in [-0.05, 0) is 13.8 Å². The molecule has 1 N–H and O–H groups in total. The SMILES string of the molecule is CCn1nc(C)c(Cl)c1CC(=O)CNCC(F)(F)F. The number of halogens is 4. The van der Waals surface area contributed by atoms with Crippen LogP contribution >= 0.6 is 11.6 Å². The van der Waals surface area contributed by atoms with Crippen molar-refractivity contribution in [2.75, 3.05) is 13.1 Å². The molecule has 1 rings (SSSR count). The molecule has 19 heavy (non-hydrogen) atoms. The Balaban J connectivity index is 2.58. The number of hydrogen-bond acceptors (Lipinski definition) is 3. The molecule has 0 amide bonds. The van der Waals surface area contributed by atoms with E-state index in [2.05, 4.69) is 10.4 Å². The Morgan fingerprint density at radius 3 is 2.63 bits per heavy atom. The van der Waals surface area contributed by atoms with Crippen molar-refractivity contribution in [1.82, 2.24) is 15.1 Å². The number of alkyl halides is 3. The second kappa shape index (κ2) is 6.38. The van der Waals surface area contributed by atoms with Crippen LogP contribution in [0.15, 0.2) is 0 Å². The van der Waals surface area contributed by atoms with E-state index in [0.717, 1.165) is 0 Å². The van der Waals surface area contributed by atoms with Crippen LogP contribution < -0.4 is 5.32 Å². The topological polar surface area (TPSA) is 46.9 Å². The van der Waals surface area contributed by atoms with Crippen LogP contribution in [0, 0.1) is 6.92 Å². The van der Waals surface area contributed by atoms with Gasteiger partial charge in [0, 0.05) is 6.54 Å². The standard InChI is InChI=1S/C11H15ClF3N3O/c1-3-18-9(10(12)7(2)17-18)4-8(19)5-16-6-11(13,14)15/h16H,3-6H2,1-2H3. The van der Waals surface area contributed by atoms with E-state index in [9.17, 15) is 18.0 Å². The molecule has 0 atom stereocenters. The summed E-state index contributed by atoms with van der Waals surface area (Å²) in [4.78, 5) is 11.6. The van der Waals surface area contributed by atoms with E-state index in [0.29, 0.717) is 23.0 Å². The molecule has 0 fully saturated rings. The minimum absolute atomic E-state index is 0.0294. The molecule has 0 bridgehead atoms. The van der Waals surface area contributed by atoms with Gasteiger partial charge < -0.3 is 5.32 Å². The summed E-state index contributed by atoms with van der Waals surface area (Å²) >= 11 is 6.01. The Morgan fingerprint density at radius 2 is 2.11 bits per heavy atom. The van der Waals surface area contributed by atoms with Crippen molar-refractivity contribution in [3.05, 3.63) is 16.4 Å². The number of carbonyl (C=O) groups excluding carboxylic acids is 1. The zero-order valence-corrected chi connectivity index (χ0v) is 11.4. The second-order valence-corrected chi connectivity index (χ2v) is 4.47. The Kier molecular flexibility index (Phi) is 5.37. The molecule has 0 aliphatic carbocycles. The first-order valence-corrected chi connectivity index (χ1v) is 6.13. The van der Waals surface area contributed by atoms with Crippen LogP contribution in [0.5, 0.6) is 0 Å². The summed E-state index contributed by atoms with van der Waals surface area (Å²) in [6.07, 6.45) is -4.35. The number of Topliss-reactive ketones (excluding diaryl/α,β-unsaturated/α-hetero) is 1. The summed E-state index contributed by atoms with van der Waals surface area (Å²) in [6, 6.07) is 0. The minimum Gasteiger partial charge on any atom is -0.302 e. The van der Waals surface area contributed by atoms with Crippen LogP contribution in [0.3, 0.4) is 0 Å². The van der Waals surface area contributed by atoms with E-state index in [1.807, 2.05) is 6.92 Å². The summed E-state index contributed by atoms with van der Waals surface area (Å²) in [6.45, 7) is 2.58. The van der Waals surface area contributed by atoms with Gasteiger partial charge in [-0.1, -0.05) is 11.6 Å². The fourth-order valence-electron chi connectivity index (χ4n) is 1.63. The molecule has 0 saturated carbocycles. The molecular formula is C11H15ClF3N3O. The Bertz CT molecular complexity index is 457. The van der Waals surface area contributed by atoms with Crippen molar-refractivity contribution in [1.29, 1.82) is 0 Å². The zero-order chi connectivity index (χ0) is 14.6. The van der Waals surface area contributed by atoms with E-state index in [1.54, 1.807) is 11.6 Å². The highest BCUT2D eigenvalue weighted by molar-refractivity contribution is 6.32. The van der Waals surface area contributed by atoms with Gasteiger partial charge in [-0.15, -0.1) is 0 Å². The lowest BCUT2D eigenvalue weighted by Gasteiger charge is -2.08. The van der Waals surface area contributed by atoms with Gasteiger partial charge in [0.15, 0.2) is 5.78 Å². The lowest BCUT2D eigenvalue weighted by Crippen LogP contribution is -2.33. The Labute approximate surface area is 113 Å². The van der Waals surface area contributed by atoms with Crippen molar-refractivity contribution in [3.63, 3.8) is 0 Å². The summed E-state index contributed by atoms with van der Waals surface area (Å²) < 4.78 is 37.3. The molecule has 1 aromatic heterocycles. The zero-order valence-electron chi connectivity index (χ0n) is 10.6. The summed E-state index contributed by atoms with van der Waals surface area (Å²) in [5.74, 6) is -0.360. The Morgan fingerprint density at radius 1 is 1.47 bits per heavy atom. The van der Waals surface area contributed by atoms with Gasteiger partial charge in [-0.2, -0.15) is 18.3 Å². The van der Waals surface area contributed by atoms with E-state index in [4.69, 9.17) is 11.6 Å². The van der Waals surface area contributed by atoms with E-state index < -0.39 is 12.7 Å². The van der Waals surface area contributed by atoms with Gasteiger partial charge >= 0.3 is 6.18 Å². The molecule has 0 saturated heterocycles. The molecule has 1 aromatic rings. The van der Waals surface area contributed by atoms with Crippen LogP contribution in [0.4, 0.5) is 13.2 Å². The first-order valence-electron chi connectivity index (χ1n) is 5.75. The third kappa shape index (κ3) is 4.83. The highest BCUT2D eigenvalue weighted by Crippen LogP contribution is 2.20. The maximum Gasteiger partial charge on any atom is 0.401 e. The predicted octanol–water partition coefficient (Wildman–Crippen LogP) is 2.13. The van der Waals surface area contributed by atoms with Gasteiger partial charge in [0.05, 0.1) is 35.9 Å².